The summed E-state index contributed by atoms with van der Waals surface area (Å²) < 4.78 is 41.2. The molecule has 2 aliphatic carbocycles. The van der Waals surface area contributed by atoms with Gasteiger partial charge in [0.2, 0.25) is 0 Å². The highest BCUT2D eigenvalue weighted by molar-refractivity contribution is 6.01. The lowest BCUT2D eigenvalue weighted by molar-refractivity contribution is -0.196. The molecule has 0 aromatic carbocycles. The van der Waals surface area contributed by atoms with Gasteiger partial charge in [-0.15, -0.1) is 0 Å². The Morgan fingerprint density at radius 1 is 1.08 bits per heavy atom. The minimum atomic E-state index is -4.37. The fourth-order valence-corrected chi connectivity index (χ4v) is 3.11. The molecule has 3 atom stereocenters. The minimum absolute atomic E-state index is 0.104. The molecule has 3 unspecified atom stereocenters. The number of carbonyl (C=O) groups is 3. The molecule has 24 heavy (non-hydrogen) atoms. The Morgan fingerprint density at radius 2 is 1.75 bits per heavy atom. The van der Waals surface area contributed by atoms with Crippen molar-refractivity contribution >= 4 is 17.9 Å². The number of hydrogen-bond acceptors (Lipinski definition) is 6. The number of fused-ring (bicyclic) bond motifs is 2. The van der Waals surface area contributed by atoms with Gasteiger partial charge in [0.1, 0.15) is 19.3 Å². The average molecular weight is 346 g/mol. The van der Waals surface area contributed by atoms with Gasteiger partial charge in [0.15, 0.2) is 0 Å². The molecule has 2 saturated carbocycles. The smallest absolute Gasteiger partial charge is 0.437 e. The summed E-state index contributed by atoms with van der Waals surface area (Å²) in [7, 11) is 0. The van der Waals surface area contributed by atoms with Crippen molar-refractivity contribution in [3.8, 4) is 0 Å². The van der Waals surface area contributed by atoms with Crippen LogP contribution in [0.25, 0.3) is 0 Å². The number of halogens is 2. The van der Waals surface area contributed by atoms with E-state index in [0.29, 0.717) is 12.3 Å². The second-order valence-electron chi connectivity index (χ2n) is 6.25. The topological polar surface area (TPSA) is 78.9 Å². The van der Waals surface area contributed by atoms with Gasteiger partial charge < -0.3 is 14.2 Å². The molecule has 2 rings (SSSR count). The summed E-state index contributed by atoms with van der Waals surface area (Å²) >= 11 is 0. The number of carbonyl (C=O) groups excluding carboxylic acids is 3. The zero-order valence-electron chi connectivity index (χ0n) is 13.4. The molecule has 8 heteroatoms. The van der Waals surface area contributed by atoms with Crippen LogP contribution in [0.1, 0.15) is 32.6 Å². The molecule has 134 valence electrons. The van der Waals surface area contributed by atoms with Crippen LogP contribution in [0.2, 0.25) is 0 Å². The van der Waals surface area contributed by atoms with E-state index >= 15 is 0 Å². The number of ether oxygens (including phenoxy) is 3. The lowest BCUT2D eigenvalue weighted by atomic mass is 9.98. The quantitative estimate of drug-likeness (QED) is 0.231. The fourth-order valence-electron chi connectivity index (χ4n) is 3.11. The van der Waals surface area contributed by atoms with Gasteiger partial charge in [-0.1, -0.05) is 6.58 Å². The van der Waals surface area contributed by atoms with Crippen LogP contribution in [0.4, 0.5) is 8.78 Å². The van der Waals surface area contributed by atoms with E-state index in [4.69, 9.17) is 4.74 Å². The Balaban J connectivity index is 1.76. The zero-order chi connectivity index (χ0) is 17.9. The third-order valence-electron chi connectivity index (χ3n) is 4.34. The van der Waals surface area contributed by atoms with Crippen molar-refractivity contribution < 1.29 is 37.4 Å². The predicted molar refractivity (Wildman–Crippen MR) is 77.0 cm³/mol. The van der Waals surface area contributed by atoms with Crippen LogP contribution in [-0.2, 0) is 28.6 Å². The number of rotatable bonds is 7. The molecule has 0 aromatic heterocycles. The summed E-state index contributed by atoms with van der Waals surface area (Å²) in [5, 5.41) is 0. The summed E-state index contributed by atoms with van der Waals surface area (Å²) in [5.74, 6) is -8.48. The van der Waals surface area contributed by atoms with Crippen LogP contribution in [0, 0.1) is 11.8 Å². The summed E-state index contributed by atoms with van der Waals surface area (Å²) in [6, 6.07) is 0. The largest absolute Gasteiger partial charge is 0.459 e. The highest BCUT2D eigenvalue weighted by Gasteiger charge is 2.53. The second-order valence-corrected chi connectivity index (χ2v) is 6.25. The molecule has 0 radical (unpaired) electrons. The van der Waals surface area contributed by atoms with Gasteiger partial charge >= 0.3 is 23.8 Å². The maximum atomic E-state index is 13.7. The van der Waals surface area contributed by atoms with Crippen molar-refractivity contribution in [2.45, 2.75) is 44.6 Å². The SMILES string of the molecule is C=C(C)C(=O)OCCOC(=O)C(F)(F)C(=O)OC1CC2CCC1C2. The zero-order valence-corrected chi connectivity index (χ0v) is 13.4. The third-order valence-corrected chi connectivity index (χ3v) is 4.34. The molecule has 0 spiro atoms. The number of hydrogen-bond donors (Lipinski definition) is 0. The first-order valence-electron chi connectivity index (χ1n) is 7.80. The van der Waals surface area contributed by atoms with Crippen molar-refractivity contribution in [1.29, 1.82) is 0 Å². The van der Waals surface area contributed by atoms with Crippen LogP contribution in [0.15, 0.2) is 12.2 Å². The van der Waals surface area contributed by atoms with Gasteiger partial charge in [-0.3, -0.25) is 0 Å². The van der Waals surface area contributed by atoms with Crippen molar-refractivity contribution in [3.63, 3.8) is 0 Å². The second kappa shape index (κ2) is 7.27. The molecule has 2 aliphatic rings. The molecule has 2 fully saturated rings. The molecule has 0 heterocycles. The van der Waals surface area contributed by atoms with E-state index in [1.54, 1.807) is 0 Å². The molecular formula is C16H20F2O6. The van der Waals surface area contributed by atoms with Gasteiger partial charge in [-0.05, 0) is 44.4 Å². The van der Waals surface area contributed by atoms with E-state index < -0.39 is 43.1 Å². The van der Waals surface area contributed by atoms with E-state index in [-0.39, 0.29) is 11.5 Å². The average Bonchev–Trinajstić information content (AvgIpc) is 3.13. The van der Waals surface area contributed by atoms with Crippen LogP contribution in [-0.4, -0.2) is 43.1 Å². The fraction of sp³-hybridized carbons (Fsp3) is 0.688. The Bertz CT molecular complexity index is 545. The minimum Gasteiger partial charge on any atom is -0.459 e. The maximum absolute atomic E-state index is 13.7. The molecule has 6 nitrogen and oxygen atoms in total. The Kier molecular flexibility index (Phi) is 5.56. The van der Waals surface area contributed by atoms with Gasteiger partial charge in [0.25, 0.3) is 0 Å². The first-order chi connectivity index (χ1) is 11.2. The molecule has 0 N–H and O–H groups in total. The molecule has 0 aromatic rings. The summed E-state index contributed by atoms with van der Waals surface area (Å²) in [6.45, 7) is 3.75. The van der Waals surface area contributed by atoms with E-state index in [1.807, 2.05) is 0 Å². The third kappa shape index (κ3) is 4.10. The molecular weight excluding hydrogens is 326 g/mol. The highest BCUT2D eigenvalue weighted by atomic mass is 19.3. The predicted octanol–water partition coefficient (Wildman–Crippen LogP) is 2.02. The molecule has 2 bridgehead atoms. The van der Waals surface area contributed by atoms with Crippen molar-refractivity contribution in [2.24, 2.45) is 11.8 Å². The van der Waals surface area contributed by atoms with E-state index in [2.05, 4.69) is 16.1 Å². The number of esters is 3. The van der Waals surface area contributed by atoms with Gasteiger partial charge in [0.05, 0.1) is 0 Å². The summed E-state index contributed by atoms with van der Waals surface area (Å²) in [6.07, 6.45) is 2.78. The van der Waals surface area contributed by atoms with Crippen molar-refractivity contribution in [2.75, 3.05) is 13.2 Å². The van der Waals surface area contributed by atoms with Crippen LogP contribution in [0.5, 0.6) is 0 Å². The van der Waals surface area contributed by atoms with Gasteiger partial charge in [0, 0.05) is 5.57 Å². The molecule has 0 aliphatic heterocycles. The Hall–Kier alpha value is -1.99. The molecule has 0 saturated heterocycles. The first-order valence-corrected chi connectivity index (χ1v) is 7.80. The normalized spacial score (nSPS) is 25.2. The standard InChI is InChI=1S/C16H20F2O6/c1-9(2)13(19)22-5-6-23-14(20)16(17,18)15(21)24-12-8-10-3-4-11(12)7-10/h10-12H,1,3-8H2,2H3. The highest BCUT2D eigenvalue weighted by Crippen LogP contribution is 2.46. The van der Waals surface area contributed by atoms with Crippen molar-refractivity contribution in [3.05, 3.63) is 12.2 Å². The van der Waals surface area contributed by atoms with Crippen molar-refractivity contribution in [1.82, 2.24) is 0 Å². The lowest BCUT2D eigenvalue weighted by Gasteiger charge is -2.23. The van der Waals surface area contributed by atoms with E-state index in [0.717, 1.165) is 19.3 Å². The Morgan fingerprint density at radius 3 is 2.29 bits per heavy atom. The van der Waals surface area contributed by atoms with E-state index in [9.17, 15) is 23.2 Å². The van der Waals surface area contributed by atoms with Crippen LogP contribution in [0.3, 0.4) is 0 Å². The monoisotopic (exact) mass is 346 g/mol. The number of alkyl halides is 2. The first kappa shape index (κ1) is 18.4. The summed E-state index contributed by atoms with van der Waals surface area (Å²) in [4.78, 5) is 34.1. The van der Waals surface area contributed by atoms with Crippen LogP contribution < -0.4 is 0 Å². The van der Waals surface area contributed by atoms with Gasteiger partial charge in [-0.2, -0.15) is 8.78 Å². The van der Waals surface area contributed by atoms with Crippen LogP contribution >= 0.6 is 0 Å². The summed E-state index contributed by atoms with van der Waals surface area (Å²) in [5.41, 5.74) is 0.126. The van der Waals surface area contributed by atoms with E-state index in [1.165, 1.54) is 6.92 Å². The Labute approximate surface area is 138 Å². The maximum Gasteiger partial charge on any atom is 0.437 e. The van der Waals surface area contributed by atoms with Gasteiger partial charge in [-0.25, -0.2) is 14.4 Å². The lowest BCUT2D eigenvalue weighted by Crippen LogP contribution is -2.43. The molecule has 0 amide bonds.